The van der Waals surface area contributed by atoms with Crippen LogP contribution in [0.4, 0.5) is 5.95 Å². The van der Waals surface area contributed by atoms with Crippen LogP contribution in [0.5, 0.6) is 0 Å². The molecule has 3 aromatic rings. The Morgan fingerprint density at radius 1 is 1.05 bits per heavy atom. The summed E-state index contributed by atoms with van der Waals surface area (Å²) in [6, 6.07) is 6.85. The summed E-state index contributed by atoms with van der Waals surface area (Å²) >= 11 is 0. The van der Waals surface area contributed by atoms with Crippen LogP contribution in [0.3, 0.4) is 0 Å². The Morgan fingerprint density at radius 3 is 2.47 bits per heavy atom. The van der Waals surface area contributed by atoms with Gasteiger partial charge in [-0.1, -0.05) is 25.5 Å². The van der Waals surface area contributed by atoms with Gasteiger partial charge in [-0.05, 0) is 77.2 Å². The van der Waals surface area contributed by atoms with E-state index in [1.54, 1.807) is 30.5 Å². The molecule has 12 nitrogen and oxygen atoms in total. The molecule has 1 aliphatic heterocycles. The molecule has 0 spiro atoms. The van der Waals surface area contributed by atoms with Gasteiger partial charge in [0.2, 0.25) is 21.9 Å². The predicted octanol–water partition coefficient (Wildman–Crippen LogP) is 3.06. The number of aliphatic hydroxyl groups is 1. The molecular weight excluding hydrogens is 568 g/mol. The van der Waals surface area contributed by atoms with Gasteiger partial charge >= 0.3 is 0 Å². The van der Waals surface area contributed by atoms with Gasteiger partial charge in [-0.3, -0.25) is 4.79 Å². The van der Waals surface area contributed by atoms with Crippen LogP contribution in [0.1, 0.15) is 70.8 Å². The number of benzene rings is 1. The first-order chi connectivity index (χ1) is 20.7. The highest BCUT2D eigenvalue weighted by Gasteiger charge is 2.26. The molecule has 1 aromatic carbocycles. The van der Waals surface area contributed by atoms with Gasteiger partial charge in [0, 0.05) is 37.3 Å². The van der Waals surface area contributed by atoms with E-state index in [9.17, 15) is 18.3 Å². The Kier molecular flexibility index (Phi) is 10.3. The lowest BCUT2D eigenvalue weighted by molar-refractivity contribution is -0.121. The smallest absolute Gasteiger partial charge is 0.240 e. The fraction of sp³-hybridized carbons (Fsp3) is 0.600. The van der Waals surface area contributed by atoms with Crippen LogP contribution in [0.2, 0.25) is 0 Å². The molecule has 0 bridgehead atoms. The van der Waals surface area contributed by atoms with Gasteiger partial charge in [0.25, 0.3) is 0 Å². The van der Waals surface area contributed by atoms with Gasteiger partial charge in [-0.15, -0.1) is 0 Å². The number of carbonyl (C=O) groups is 1. The number of anilines is 1. The second kappa shape index (κ2) is 14.1. The average Bonchev–Trinajstić information content (AvgIpc) is 3.38. The van der Waals surface area contributed by atoms with Crippen LogP contribution in [-0.4, -0.2) is 89.5 Å². The maximum atomic E-state index is 13.0. The molecule has 2 fully saturated rings. The van der Waals surface area contributed by atoms with Crippen molar-refractivity contribution in [3.63, 3.8) is 0 Å². The van der Waals surface area contributed by atoms with E-state index in [0.29, 0.717) is 24.5 Å². The van der Waals surface area contributed by atoms with Crippen molar-refractivity contribution in [2.75, 3.05) is 38.5 Å². The molecule has 2 aromatic heterocycles. The molecule has 3 heterocycles. The van der Waals surface area contributed by atoms with Gasteiger partial charge in [-0.25, -0.2) is 22.8 Å². The molecule has 234 valence electrons. The Hall–Kier alpha value is -3.13. The SMILES string of the molecule is CCCCNc1ncc2c(-c3ccc(S(=O)(=O)NCCC(=O)NC4CCN(C)CC4)cc3)nn([C@H]3CC[C@@H](O)CC3)c2n1. The molecule has 1 saturated heterocycles. The molecule has 1 saturated carbocycles. The maximum Gasteiger partial charge on any atom is 0.240 e. The van der Waals surface area contributed by atoms with Crippen molar-refractivity contribution in [2.45, 2.75) is 87.8 Å². The van der Waals surface area contributed by atoms with Crippen LogP contribution < -0.4 is 15.4 Å². The summed E-state index contributed by atoms with van der Waals surface area (Å²) in [6.45, 7) is 4.83. The number of hydrogen-bond donors (Lipinski definition) is 4. The van der Waals surface area contributed by atoms with E-state index in [4.69, 9.17) is 10.1 Å². The second-order valence-electron chi connectivity index (χ2n) is 11.8. The molecule has 0 radical (unpaired) electrons. The van der Waals surface area contributed by atoms with Gasteiger partial charge in [0.1, 0.15) is 5.69 Å². The van der Waals surface area contributed by atoms with Crippen LogP contribution in [0, 0.1) is 0 Å². The summed E-state index contributed by atoms with van der Waals surface area (Å²) in [5, 5.41) is 22.1. The Morgan fingerprint density at radius 2 is 1.77 bits per heavy atom. The molecule has 4 N–H and O–H groups in total. The molecule has 2 aliphatic rings. The number of rotatable bonds is 12. The van der Waals surface area contributed by atoms with Crippen LogP contribution in [0.15, 0.2) is 35.4 Å². The van der Waals surface area contributed by atoms with E-state index in [1.165, 1.54) is 0 Å². The van der Waals surface area contributed by atoms with Gasteiger partial charge in [0.15, 0.2) is 5.65 Å². The van der Waals surface area contributed by atoms with Crippen molar-refractivity contribution < 1.29 is 18.3 Å². The van der Waals surface area contributed by atoms with E-state index >= 15 is 0 Å². The fourth-order valence-electron chi connectivity index (χ4n) is 5.78. The first-order valence-corrected chi connectivity index (χ1v) is 17.0. The maximum absolute atomic E-state index is 13.0. The number of likely N-dealkylation sites (tertiary alicyclic amines) is 1. The minimum absolute atomic E-state index is 0.0274. The molecular formula is C30H44N8O4S. The van der Waals surface area contributed by atoms with E-state index in [1.807, 2.05) is 4.68 Å². The number of amides is 1. The minimum atomic E-state index is -3.79. The zero-order chi connectivity index (χ0) is 30.4. The number of fused-ring (bicyclic) bond motifs is 1. The summed E-state index contributed by atoms with van der Waals surface area (Å²) in [6.07, 6.45) is 8.51. The fourth-order valence-corrected chi connectivity index (χ4v) is 6.82. The van der Waals surface area contributed by atoms with Crippen molar-refractivity contribution in [2.24, 2.45) is 0 Å². The highest BCUT2D eigenvalue weighted by molar-refractivity contribution is 7.89. The lowest BCUT2D eigenvalue weighted by Gasteiger charge is -2.29. The van der Waals surface area contributed by atoms with Crippen molar-refractivity contribution >= 4 is 32.9 Å². The van der Waals surface area contributed by atoms with E-state index in [0.717, 1.165) is 74.8 Å². The number of hydrogen-bond acceptors (Lipinski definition) is 9. The van der Waals surface area contributed by atoms with Crippen molar-refractivity contribution in [1.82, 2.24) is 34.7 Å². The third-order valence-electron chi connectivity index (χ3n) is 8.44. The quantitative estimate of drug-likeness (QED) is 0.226. The first kappa shape index (κ1) is 31.3. The number of nitrogens with one attached hydrogen (secondary N) is 3. The van der Waals surface area contributed by atoms with E-state index in [2.05, 4.69) is 39.2 Å². The van der Waals surface area contributed by atoms with Crippen molar-refractivity contribution in [1.29, 1.82) is 0 Å². The van der Waals surface area contributed by atoms with Gasteiger partial charge in [0.05, 0.1) is 22.4 Å². The van der Waals surface area contributed by atoms with E-state index in [-0.39, 0.29) is 42.0 Å². The second-order valence-corrected chi connectivity index (χ2v) is 13.6. The summed E-state index contributed by atoms with van der Waals surface area (Å²) in [7, 11) is -1.73. The number of aromatic nitrogens is 4. The minimum Gasteiger partial charge on any atom is -0.393 e. The molecule has 0 unspecified atom stereocenters. The first-order valence-electron chi connectivity index (χ1n) is 15.5. The normalized spacial score (nSPS) is 20.3. The van der Waals surface area contributed by atoms with Crippen LogP contribution >= 0.6 is 0 Å². The lowest BCUT2D eigenvalue weighted by atomic mass is 9.93. The molecule has 13 heteroatoms. The van der Waals surface area contributed by atoms with Crippen molar-refractivity contribution in [3.8, 4) is 11.3 Å². The predicted molar refractivity (Wildman–Crippen MR) is 166 cm³/mol. The average molecular weight is 613 g/mol. The Labute approximate surface area is 253 Å². The number of carbonyl (C=O) groups excluding carboxylic acids is 1. The third-order valence-corrected chi connectivity index (χ3v) is 9.92. The van der Waals surface area contributed by atoms with Crippen LogP contribution in [0.25, 0.3) is 22.3 Å². The summed E-state index contributed by atoms with van der Waals surface area (Å²) in [5.74, 6) is 0.408. The van der Waals surface area contributed by atoms with Gasteiger partial charge in [-0.2, -0.15) is 10.1 Å². The molecule has 0 atom stereocenters. The van der Waals surface area contributed by atoms with Crippen LogP contribution in [-0.2, 0) is 14.8 Å². The Bertz CT molecular complexity index is 1480. The third kappa shape index (κ3) is 7.88. The highest BCUT2D eigenvalue weighted by Crippen LogP contribution is 2.34. The number of nitrogens with zero attached hydrogens (tertiary/aromatic N) is 5. The van der Waals surface area contributed by atoms with Crippen molar-refractivity contribution in [3.05, 3.63) is 30.5 Å². The standard InChI is InChI=1S/C30H44N8O4S/c1-3-4-16-31-30-32-20-26-28(36-38(29(26)35-30)23-7-9-24(39)10-8-23)21-5-11-25(12-6-21)43(41,42)33-17-13-27(40)34-22-14-18-37(2)19-15-22/h5-6,11-12,20,22-24,33,39H,3-4,7-10,13-19H2,1-2H3,(H,34,40)(H,31,32,35)/t23-,24+. The largest absolute Gasteiger partial charge is 0.393 e. The Balaban J connectivity index is 1.28. The van der Waals surface area contributed by atoms with Gasteiger partial charge < -0.3 is 20.6 Å². The summed E-state index contributed by atoms with van der Waals surface area (Å²) in [5.41, 5.74) is 2.16. The summed E-state index contributed by atoms with van der Waals surface area (Å²) in [4.78, 5) is 24.0. The number of sulfonamides is 1. The highest BCUT2D eigenvalue weighted by atomic mass is 32.2. The molecule has 5 rings (SSSR count). The molecule has 1 amide bonds. The number of unbranched alkanes of at least 4 members (excludes halogenated alkanes) is 1. The topological polar surface area (TPSA) is 154 Å². The molecule has 1 aliphatic carbocycles. The molecule has 43 heavy (non-hydrogen) atoms. The number of piperidine rings is 1. The zero-order valence-corrected chi connectivity index (χ0v) is 25.9. The zero-order valence-electron chi connectivity index (χ0n) is 25.1. The van der Waals surface area contributed by atoms with E-state index < -0.39 is 10.0 Å². The summed E-state index contributed by atoms with van der Waals surface area (Å²) < 4.78 is 30.4. The number of aliphatic hydroxyl groups excluding tert-OH is 1. The lowest BCUT2D eigenvalue weighted by Crippen LogP contribution is -2.44. The monoisotopic (exact) mass is 612 g/mol.